The number of aldehydes is 1. The zero-order valence-corrected chi connectivity index (χ0v) is 11.9. The van der Waals surface area contributed by atoms with Crippen molar-refractivity contribution in [1.82, 2.24) is 4.90 Å². The Hall–Kier alpha value is -1.84. The molecule has 1 saturated carbocycles. The number of carbonyl (C=O) groups is 2. The van der Waals surface area contributed by atoms with Gasteiger partial charge in [0.15, 0.2) is 6.61 Å². The lowest BCUT2D eigenvalue weighted by Gasteiger charge is -2.31. The van der Waals surface area contributed by atoms with Crippen molar-refractivity contribution < 1.29 is 14.3 Å². The van der Waals surface area contributed by atoms with Gasteiger partial charge in [-0.2, -0.15) is 0 Å². The Kier molecular flexibility index (Phi) is 5.16. The third-order valence-electron chi connectivity index (χ3n) is 3.87. The number of ether oxygens (including phenoxy) is 1. The van der Waals surface area contributed by atoms with Crippen LogP contribution in [-0.4, -0.2) is 36.8 Å². The molecule has 1 aliphatic carbocycles. The highest BCUT2D eigenvalue weighted by atomic mass is 16.5. The van der Waals surface area contributed by atoms with E-state index in [-0.39, 0.29) is 12.5 Å². The smallest absolute Gasteiger partial charge is 0.260 e. The Balaban J connectivity index is 1.85. The molecule has 20 heavy (non-hydrogen) atoms. The van der Waals surface area contributed by atoms with Crippen molar-refractivity contribution in [2.75, 3.05) is 13.7 Å². The zero-order valence-electron chi connectivity index (χ0n) is 11.9. The van der Waals surface area contributed by atoms with Crippen molar-refractivity contribution in [3.63, 3.8) is 0 Å². The van der Waals surface area contributed by atoms with Crippen LogP contribution in [0.2, 0.25) is 0 Å². The first-order chi connectivity index (χ1) is 9.70. The van der Waals surface area contributed by atoms with Gasteiger partial charge in [-0.15, -0.1) is 0 Å². The topological polar surface area (TPSA) is 46.6 Å². The first-order valence-corrected chi connectivity index (χ1v) is 7.14. The van der Waals surface area contributed by atoms with E-state index >= 15 is 0 Å². The van der Waals surface area contributed by atoms with Crippen LogP contribution in [0.25, 0.3) is 0 Å². The first-order valence-electron chi connectivity index (χ1n) is 7.14. The Morgan fingerprint density at radius 1 is 1.35 bits per heavy atom. The third-order valence-corrected chi connectivity index (χ3v) is 3.87. The van der Waals surface area contributed by atoms with Gasteiger partial charge < -0.3 is 9.64 Å². The summed E-state index contributed by atoms with van der Waals surface area (Å²) in [4.78, 5) is 24.6. The van der Waals surface area contributed by atoms with Gasteiger partial charge in [0.25, 0.3) is 5.91 Å². The molecule has 0 bridgehead atoms. The molecule has 0 saturated heterocycles. The molecule has 1 aromatic rings. The lowest BCUT2D eigenvalue weighted by atomic mass is 9.94. The minimum atomic E-state index is -0.00611. The van der Waals surface area contributed by atoms with E-state index in [9.17, 15) is 9.59 Å². The van der Waals surface area contributed by atoms with E-state index in [0.717, 1.165) is 19.1 Å². The molecule has 0 radical (unpaired) electrons. The van der Waals surface area contributed by atoms with E-state index < -0.39 is 0 Å². The van der Waals surface area contributed by atoms with Gasteiger partial charge in [0.1, 0.15) is 12.0 Å². The van der Waals surface area contributed by atoms with Crippen molar-refractivity contribution >= 4 is 12.2 Å². The van der Waals surface area contributed by atoms with Gasteiger partial charge in [0.05, 0.1) is 0 Å². The number of rotatable bonds is 5. The monoisotopic (exact) mass is 275 g/mol. The molecular formula is C16H21NO3. The molecule has 0 heterocycles. The zero-order chi connectivity index (χ0) is 14.4. The van der Waals surface area contributed by atoms with Gasteiger partial charge in [-0.25, -0.2) is 0 Å². The summed E-state index contributed by atoms with van der Waals surface area (Å²) in [5.74, 6) is 0.549. The molecule has 4 nitrogen and oxygen atoms in total. The predicted molar refractivity (Wildman–Crippen MR) is 77.0 cm³/mol. The first kappa shape index (κ1) is 14.6. The number of hydrogen-bond donors (Lipinski definition) is 0. The van der Waals surface area contributed by atoms with Gasteiger partial charge in [-0.3, -0.25) is 9.59 Å². The van der Waals surface area contributed by atoms with Gasteiger partial charge in [0, 0.05) is 18.7 Å². The largest absolute Gasteiger partial charge is 0.484 e. The number of benzene rings is 1. The van der Waals surface area contributed by atoms with Crippen LogP contribution in [0.4, 0.5) is 0 Å². The predicted octanol–water partition coefficient (Wildman–Crippen LogP) is 2.67. The summed E-state index contributed by atoms with van der Waals surface area (Å²) in [6.45, 7) is 0.0231. The quantitative estimate of drug-likeness (QED) is 0.776. The van der Waals surface area contributed by atoms with Crippen LogP contribution in [0, 0.1) is 0 Å². The minimum Gasteiger partial charge on any atom is -0.484 e. The van der Waals surface area contributed by atoms with Crippen molar-refractivity contribution in [3.05, 3.63) is 29.8 Å². The molecule has 1 aliphatic rings. The molecule has 0 unspecified atom stereocenters. The van der Waals surface area contributed by atoms with Gasteiger partial charge in [0.2, 0.25) is 0 Å². The Morgan fingerprint density at radius 2 is 2.10 bits per heavy atom. The third kappa shape index (κ3) is 3.83. The summed E-state index contributed by atoms with van der Waals surface area (Å²) in [5, 5.41) is 0. The Morgan fingerprint density at radius 3 is 2.80 bits per heavy atom. The lowest BCUT2D eigenvalue weighted by molar-refractivity contribution is -0.134. The number of likely N-dealkylation sites (N-methyl/N-ethyl adjacent to an activating group) is 1. The number of hydrogen-bond acceptors (Lipinski definition) is 3. The minimum absolute atomic E-state index is 0.00611. The molecule has 1 fully saturated rings. The highest BCUT2D eigenvalue weighted by Gasteiger charge is 2.22. The van der Waals surface area contributed by atoms with Gasteiger partial charge in [-0.05, 0) is 25.0 Å². The maximum Gasteiger partial charge on any atom is 0.260 e. The standard InChI is InChI=1S/C16H21NO3/c1-17(14-7-3-2-4-8-14)16(19)12-20-15-9-5-6-13(10-15)11-18/h5-6,9-11,14H,2-4,7-8,12H2,1H3. The molecule has 2 rings (SSSR count). The molecule has 0 aliphatic heterocycles. The summed E-state index contributed by atoms with van der Waals surface area (Å²) >= 11 is 0. The van der Waals surface area contributed by atoms with Crippen molar-refractivity contribution in [1.29, 1.82) is 0 Å². The van der Waals surface area contributed by atoms with Crippen LogP contribution in [0.1, 0.15) is 42.5 Å². The molecule has 0 aromatic heterocycles. The van der Waals surface area contributed by atoms with Crippen molar-refractivity contribution in [2.24, 2.45) is 0 Å². The molecule has 4 heteroatoms. The Labute approximate surface area is 119 Å². The van der Waals surface area contributed by atoms with E-state index in [1.54, 1.807) is 24.3 Å². The summed E-state index contributed by atoms with van der Waals surface area (Å²) in [6.07, 6.45) is 6.61. The second kappa shape index (κ2) is 7.08. The van der Waals surface area contributed by atoms with Crippen molar-refractivity contribution in [2.45, 2.75) is 38.1 Å². The number of amides is 1. The molecule has 1 amide bonds. The summed E-state index contributed by atoms with van der Waals surface area (Å²) in [6, 6.07) is 7.19. The Bertz CT molecular complexity index is 467. The summed E-state index contributed by atoms with van der Waals surface area (Å²) in [7, 11) is 1.85. The summed E-state index contributed by atoms with van der Waals surface area (Å²) < 4.78 is 5.47. The van der Waals surface area contributed by atoms with E-state index in [2.05, 4.69) is 0 Å². The average Bonchev–Trinajstić information content (AvgIpc) is 2.53. The maximum atomic E-state index is 12.1. The van der Waals surface area contributed by atoms with Crippen LogP contribution in [0.3, 0.4) is 0 Å². The number of carbonyl (C=O) groups excluding carboxylic acids is 2. The molecule has 108 valence electrons. The fourth-order valence-corrected chi connectivity index (χ4v) is 2.60. The lowest BCUT2D eigenvalue weighted by Crippen LogP contribution is -2.40. The molecule has 0 atom stereocenters. The normalized spacial score (nSPS) is 15.7. The van der Waals surface area contributed by atoms with E-state index in [4.69, 9.17) is 4.74 Å². The van der Waals surface area contributed by atoms with Gasteiger partial charge >= 0.3 is 0 Å². The molecule has 1 aromatic carbocycles. The average molecular weight is 275 g/mol. The maximum absolute atomic E-state index is 12.1. The van der Waals surface area contributed by atoms with E-state index in [1.807, 2.05) is 11.9 Å². The summed E-state index contributed by atoms with van der Waals surface area (Å²) in [5.41, 5.74) is 0.551. The van der Waals surface area contributed by atoms with E-state index in [1.165, 1.54) is 19.3 Å². The van der Waals surface area contributed by atoms with Crippen LogP contribution in [0.5, 0.6) is 5.75 Å². The fraction of sp³-hybridized carbons (Fsp3) is 0.500. The SMILES string of the molecule is CN(C(=O)COc1cccc(C=O)c1)C1CCCCC1. The van der Waals surface area contributed by atoms with Crippen LogP contribution < -0.4 is 4.74 Å². The second-order valence-corrected chi connectivity index (χ2v) is 5.28. The van der Waals surface area contributed by atoms with E-state index in [0.29, 0.717) is 17.4 Å². The second-order valence-electron chi connectivity index (χ2n) is 5.28. The number of nitrogens with zero attached hydrogens (tertiary/aromatic N) is 1. The fourth-order valence-electron chi connectivity index (χ4n) is 2.60. The molecular weight excluding hydrogens is 254 g/mol. The highest BCUT2D eigenvalue weighted by molar-refractivity contribution is 5.78. The van der Waals surface area contributed by atoms with Crippen LogP contribution >= 0.6 is 0 Å². The van der Waals surface area contributed by atoms with Gasteiger partial charge in [-0.1, -0.05) is 31.4 Å². The highest BCUT2D eigenvalue weighted by Crippen LogP contribution is 2.21. The molecule has 0 spiro atoms. The van der Waals surface area contributed by atoms with Crippen LogP contribution in [0.15, 0.2) is 24.3 Å². The molecule has 0 N–H and O–H groups in total. The van der Waals surface area contributed by atoms with Crippen LogP contribution in [-0.2, 0) is 4.79 Å². The van der Waals surface area contributed by atoms with Crippen molar-refractivity contribution in [3.8, 4) is 5.75 Å².